The van der Waals surface area contributed by atoms with Crippen molar-refractivity contribution in [2.75, 3.05) is 39.4 Å². The molecule has 1 fully saturated rings. The minimum Gasteiger partial charge on any atom is -0.872 e. The van der Waals surface area contributed by atoms with Crippen LogP contribution in [0.25, 0.3) is 5.76 Å². The number of benzene rings is 2. The van der Waals surface area contributed by atoms with Crippen molar-refractivity contribution in [1.29, 1.82) is 0 Å². The fourth-order valence-corrected chi connectivity index (χ4v) is 4.64. The molecule has 1 unspecified atom stereocenters. The number of Topliss-reactive ketones (excluding diaryl/α,β-unsaturated/α-hetero) is 1. The van der Waals surface area contributed by atoms with Crippen molar-refractivity contribution in [1.82, 2.24) is 4.90 Å². The summed E-state index contributed by atoms with van der Waals surface area (Å²) in [6, 6.07) is 11.9. The number of ketones is 1. The number of rotatable bonds is 8. The fourth-order valence-electron chi connectivity index (χ4n) is 4.64. The lowest BCUT2D eigenvalue weighted by Crippen LogP contribution is -3.11. The van der Waals surface area contributed by atoms with Gasteiger partial charge in [0.15, 0.2) is 11.5 Å². The molecule has 1 amide bonds. The fraction of sp³-hybridized carbons (Fsp3) is 0.407. The van der Waals surface area contributed by atoms with Crippen LogP contribution in [0.1, 0.15) is 43.0 Å². The van der Waals surface area contributed by atoms with Gasteiger partial charge in [0, 0.05) is 18.5 Å². The van der Waals surface area contributed by atoms with Gasteiger partial charge in [-0.25, -0.2) is 0 Å². The van der Waals surface area contributed by atoms with Crippen LogP contribution in [0, 0.1) is 6.92 Å². The zero-order chi connectivity index (χ0) is 24.2. The number of carbonyl (C=O) groups excluding carboxylic acids is 2. The Bertz CT molecular complexity index is 1090. The van der Waals surface area contributed by atoms with Gasteiger partial charge in [-0.1, -0.05) is 41.7 Å². The Morgan fingerprint density at radius 3 is 2.38 bits per heavy atom. The Morgan fingerprint density at radius 2 is 1.71 bits per heavy atom. The highest BCUT2D eigenvalue weighted by molar-refractivity contribution is 6.46. The second-order valence-electron chi connectivity index (χ2n) is 8.80. The average molecular weight is 465 g/mol. The van der Waals surface area contributed by atoms with Crippen molar-refractivity contribution in [2.45, 2.75) is 33.2 Å². The van der Waals surface area contributed by atoms with E-state index in [1.807, 2.05) is 31.2 Å². The Labute approximate surface area is 200 Å². The van der Waals surface area contributed by atoms with Crippen LogP contribution in [0.3, 0.4) is 0 Å². The normalized spacial score (nSPS) is 19.2. The summed E-state index contributed by atoms with van der Waals surface area (Å²) in [6.45, 7) is 10.4. The first-order chi connectivity index (χ1) is 16.4. The molecule has 1 atom stereocenters. The van der Waals surface area contributed by atoms with Gasteiger partial charge in [-0.2, -0.15) is 0 Å². The third-order valence-electron chi connectivity index (χ3n) is 6.66. The highest BCUT2D eigenvalue weighted by atomic mass is 16.6. The predicted molar refractivity (Wildman–Crippen MR) is 127 cm³/mol. The van der Waals surface area contributed by atoms with E-state index in [0.717, 1.165) is 37.2 Å². The van der Waals surface area contributed by atoms with Crippen LogP contribution in [0.15, 0.2) is 48.0 Å². The van der Waals surface area contributed by atoms with Gasteiger partial charge in [0.05, 0.1) is 25.7 Å². The zero-order valence-corrected chi connectivity index (χ0v) is 20.1. The largest absolute Gasteiger partial charge is 0.872 e. The second kappa shape index (κ2) is 10.3. The third-order valence-corrected chi connectivity index (χ3v) is 6.66. The number of ether oxygens (including phenoxy) is 2. The van der Waals surface area contributed by atoms with Gasteiger partial charge in [0.1, 0.15) is 13.2 Å². The Kier molecular flexibility index (Phi) is 7.22. The topological polar surface area (TPSA) is 83.3 Å². The maximum atomic E-state index is 13.6. The van der Waals surface area contributed by atoms with Crippen molar-refractivity contribution >= 4 is 17.4 Å². The molecular formula is C27H32N2O5. The molecule has 0 spiro atoms. The number of nitrogens with one attached hydrogen (secondary N) is 1. The number of fused-ring (bicyclic) bond motifs is 1. The molecule has 0 radical (unpaired) electrons. The monoisotopic (exact) mass is 464 g/mol. The summed E-state index contributed by atoms with van der Waals surface area (Å²) in [7, 11) is 0. The summed E-state index contributed by atoms with van der Waals surface area (Å²) in [4.78, 5) is 29.3. The molecule has 34 heavy (non-hydrogen) atoms. The number of hydrogen-bond acceptors (Lipinski definition) is 5. The number of likely N-dealkylation sites (tertiary alicyclic amines) is 1. The van der Waals surface area contributed by atoms with Crippen LogP contribution in [0.5, 0.6) is 11.5 Å². The summed E-state index contributed by atoms with van der Waals surface area (Å²) < 4.78 is 11.2. The first-order valence-corrected chi connectivity index (χ1v) is 12.0. The minimum absolute atomic E-state index is 0.000664. The molecule has 0 bridgehead atoms. The van der Waals surface area contributed by atoms with Crippen LogP contribution in [-0.2, 0) is 9.59 Å². The molecule has 7 nitrogen and oxygen atoms in total. The molecule has 1 N–H and O–H groups in total. The average Bonchev–Trinajstić information content (AvgIpc) is 3.11. The lowest BCUT2D eigenvalue weighted by Gasteiger charge is -2.28. The van der Waals surface area contributed by atoms with Crippen LogP contribution in [0.4, 0.5) is 0 Å². The van der Waals surface area contributed by atoms with Gasteiger partial charge >= 0.3 is 0 Å². The molecule has 180 valence electrons. The Hall–Kier alpha value is -3.32. The number of carbonyl (C=O) groups is 2. The van der Waals surface area contributed by atoms with Gasteiger partial charge in [-0.3, -0.25) is 9.59 Å². The number of quaternary nitrogens is 1. The zero-order valence-electron chi connectivity index (χ0n) is 20.1. The van der Waals surface area contributed by atoms with Crippen LogP contribution in [-0.4, -0.2) is 56.0 Å². The minimum atomic E-state index is -0.722. The smallest absolute Gasteiger partial charge is 0.295 e. The summed E-state index contributed by atoms with van der Waals surface area (Å²) >= 11 is 0. The highest BCUT2D eigenvalue weighted by Crippen LogP contribution is 2.40. The van der Waals surface area contributed by atoms with E-state index in [1.165, 1.54) is 4.90 Å². The molecule has 4 rings (SSSR count). The van der Waals surface area contributed by atoms with Gasteiger partial charge in [-0.15, -0.1) is 0 Å². The van der Waals surface area contributed by atoms with Crippen LogP contribution in [0.2, 0.25) is 0 Å². The SMILES string of the molecule is CC[NH+](CC)CCCN1C(=O)C(=O)C(=C([O-])c2ccc3c(c2)OCCO3)C1c1ccc(C)cc1. The van der Waals surface area contributed by atoms with E-state index in [4.69, 9.17) is 9.47 Å². The predicted octanol–water partition coefficient (Wildman–Crippen LogP) is 1.31. The van der Waals surface area contributed by atoms with Gasteiger partial charge in [-0.05, 0) is 44.0 Å². The number of aryl methyl sites for hydroxylation is 1. The van der Waals surface area contributed by atoms with E-state index in [1.54, 1.807) is 23.1 Å². The standard InChI is InChI=1S/C27H32N2O5/c1-4-28(5-2)13-6-14-29-24(19-9-7-18(3)8-10-19)23(26(31)27(29)32)25(30)20-11-12-21-22(17-20)34-16-15-33-21/h7-12,17,24,30H,4-6,13-16H2,1-3H3. The molecule has 0 aromatic heterocycles. The summed E-state index contributed by atoms with van der Waals surface area (Å²) in [5.74, 6) is -0.739. The molecule has 2 aromatic carbocycles. The Morgan fingerprint density at radius 1 is 1.03 bits per heavy atom. The molecule has 1 saturated heterocycles. The van der Waals surface area contributed by atoms with Crippen molar-refractivity contribution in [2.24, 2.45) is 0 Å². The molecule has 0 saturated carbocycles. The summed E-state index contributed by atoms with van der Waals surface area (Å²) in [5.41, 5.74) is 2.14. The molecular weight excluding hydrogens is 432 g/mol. The molecule has 7 heteroatoms. The van der Waals surface area contributed by atoms with E-state index < -0.39 is 23.5 Å². The van der Waals surface area contributed by atoms with Crippen LogP contribution >= 0.6 is 0 Å². The van der Waals surface area contributed by atoms with Crippen molar-refractivity contribution in [3.63, 3.8) is 0 Å². The van der Waals surface area contributed by atoms with Crippen molar-refractivity contribution < 1.29 is 29.1 Å². The third kappa shape index (κ3) is 4.66. The molecule has 2 aromatic rings. The second-order valence-corrected chi connectivity index (χ2v) is 8.80. The highest BCUT2D eigenvalue weighted by Gasteiger charge is 2.44. The van der Waals surface area contributed by atoms with E-state index in [2.05, 4.69) is 13.8 Å². The first kappa shape index (κ1) is 23.8. The quantitative estimate of drug-likeness (QED) is 0.362. The lowest BCUT2D eigenvalue weighted by atomic mass is 9.94. The maximum absolute atomic E-state index is 13.6. The van der Waals surface area contributed by atoms with E-state index in [-0.39, 0.29) is 5.57 Å². The lowest BCUT2D eigenvalue weighted by molar-refractivity contribution is -0.896. The van der Waals surface area contributed by atoms with Gasteiger partial charge in [0.25, 0.3) is 5.91 Å². The molecule has 2 heterocycles. The van der Waals surface area contributed by atoms with E-state index in [9.17, 15) is 14.7 Å². The number of hydrogen-bond donors (Lipinski definition) is 1. The summed E-state index contributed by atoms with van der Waals surface area (Å²) in [5, 5.41) is 13.6. The van der Waals surface area contributed by atoms with Gasteiger partial charge < -0.3 is 24.4 Å². The van der Waals surface area contributed by atoms with Crippen LogP contribution < -0.4 is 19.5 Å². The summed E-state index contributed by atoms with van der Waals surface area (Å²) in [6.07, 6.45) is 0.754. The van der Waals surface area contributed by atoms with E-state index >= 15 is 0 Å². The van der Waals surface area contributed by atoms with E-state index in [0.29, 0.717) is 36.8 Å². The van der Waals surface area contributed by atoms with Crippen molar-refractivity contribution in [3.05, 3.63) is 64.7 Å². The number of amides is 1. The molecule has 0 aliphatic carbocycles. The van der Waals surface area contributed by atoms with Crippen molar-refractivity contribution in [3.8, 4) is 11.5 Å². The maximum Gasteiger partial charge on any atom is 0.295 e. The Balaban J connectivity index is 1.72. The molecule has 2 aliphatic heterocycles. The van der Waals surface area contributed by atoms with Gasteiger partial charge in [0.2, 0.25) is 5.78 Å². The first-order valence-electron chi connectivity index (χ1n) is 12.0. The molecule has 2 aliphatic rings. The number of nitrogens with zero attached hydrogens (tertiary/aromatic N) is 1.